The smallest absolute Gasteiger partial charge is 0.317 e. The lowest BCUT2D eigenvalue weighted by Crippen LogP contribution is -2.50. The van der Waals surface area contributed by atoms with Crippen LogP contribution in [0.15, 0.2) is 24.3 Å². The van der Waals surface area contributed by atoms with Crippen LogP contribution in [0, 0.1) is 6.92 Å². The molecule has 1 aromatic carbocycles. The zero-order valence-electron chi connectivity index (χ0n) is 14.9. The maximum absolute atomic E-state index is 12.4. The summed E-state index contributed by atoms with van der Waals surface area (Å²) < 4.78 is 5.68. The predicted octanol–water partition coefficient (Wildman–Crippen LogP) is 2.17. The molecule has 2 aliphatic rings. The van der Waals surface area contributed by atoms with Crippen molar-refractivity contribution in [1.82, 2.24) is 15.1 Å². The van der Waals surface area contributed by atoms with Gasteiger partial charge in [0.2, 0.25) is 5.91 Å². The van der Waals surface area contributed by atoms with Gasteiger partial charge in [0.25, 0.3) is 0 Å². The quantitative estimate of drug-likeness (QED) is 0.804. The summed E-state index contributed by atoms with van der Waals surface area (Å²) in [6, 6.07) is 8.10. The van der Waals surface area contributed by atoms with Crippen LogP contribution >= 0.6 is 0 Å². The number of piperidine rings is 1. The highest BCUT2D eigenvalue weighted by molar-refractivity contribution is 5.78. The standard InChI is InChI=1S/C19H27N3O3/c1-15-6-8-17(9-7-15)25-13-3-5-18(23)21-11-2-4-16(14-21)22-12-10-20-19(22)24/h6-9,16H,2-5,10-14H2,1H3,(H,20,24)/t16-/m1/s1. The van der Waals surface area contributed by atoms with Crippen molar-refractivity contribution in [3.63, 3.8) is 0 Å². The molecule has 2 saturated heterocycles. The molecule has 0 saturated carbocycles. The monoisotopic (exact) mass is 345 g/mol. The van der Waals surface area contributed by atoms with E-state index < -0.39 is 0 Å². The molecule has 2 heterocycles. The zero-order chi connectivity index (χ0) is 17.6. The summed E-state index contributed by atoms with van der Waals surface area (Å²) in [6.45, 7) is 5.49. The topological polar surface area (TPSA) is 61.9 Å². The van der Waals surface area contributed by atoms with E-state index in [1.165, 1.54) is 5.56 Å². The minimum atomic E-state index is 0.00537. The molecule has 1 atom stereocenters. The molecule has 0 aromatic heterocycles. The van der Waals surface area contributed by atoms with Gasteiger partial charge in [0.15, 0.2) is 0 Å². The van der Waals surface area contributed by atoms with Crippen molar-refractivity contribution in [3.05, 3.63) is 29.8 Å². The Morgan fingerprint density at radius 3 is 2.80 bits per heavy atom. The van der Waals surface area contributed by atoms with E-state index >= 15 is 0 Å². The van der Waals surface area contributed by atoms with Crippen molar-refractivity contribution >= 4 is 11.9 Å². The van der Waals surface area contributed by atoms with Gasteiger partial charge in [0, 0.05) is 32.6 Å². The molecule has 6 nitrogen and oxygen atoms in total. The summed E-state index contributed by atoms with van der Waals surface area (Å²) >= 11 is 0. The van der Waals surface area contributed by atoms with Gasteiger partial charge in [-0.1, -0.05) is 17.7 Å². The molecule has 1 aromatic rings. The van der Waals surface area contributed by atoms with Crippen LogP contribution in [0.2, 0.25) is 0 Å². The highest BCUT2D eigenvalue weighted by Gasteiger charge is 2.32. The first kappa shape index (κ1) is 17.6. The van der Waals surface area contributed by atoms with Crippen LogP contribution in [0.3, 0.4) is 0 Å². The van der Waals surface area contributed by atoms with E-state index in [-0.39, 0.29) is 18.0 Å². The van der Waals surface area contributed by atoms with E-state index in [1.54, 1.807) is 0 Å². The number of carbonyl (C=O) groups is 2. The second-order valence-electron chi connectivity index (χ2n) is 6.83. The molecule has 2 fully saturated rings. The molecule has 3 amide bonds. The lowest BCUT2D eigenvalue weighted by atomic mass is 10.0. The van der Waals surface area contributed by atoms with E-state index in [1.807, 2.05) is 41.0 Å². The highest BCUT2D eigenvalue weighted by Crippen LogP contribution is 2.19. The average molecular weight is 345 g/mol. The summed E-state index contributed by atoms with van der Waals surface area (Å²) in [5.74, 6) is 1.01. The van der Waals surface area contributed by atoms with E-state index in [9.17, 15) is 9.59 Å². The van der Waals surface area contributed by atoms with Gasteiger partial charge in [-0.25, -0.2) is 4.79 Å². The Labute approximate surface area is 149 Å². The number of hydrogen-bond acceptors (Lipinski definition) is 3. The Morgan fingerprint density at radius 2 is 2.08 bits per heavy atom. The van der Waals surface area contributed by atoms with Crippen LogP contribution < -0.4 is 10.1 Å². The molecular formula is C19H27N3O3. The third-order valence-electron chi connectivity index (χ3n) is 4.90. The van der Waals surface area contributed by atoms with Gasteiger partial charge >= 0.3 is 6.03 Å². The number of amides is 3. The molecule has 136 valence electrons. The molecular weight excluding hydrogens is 318 g/mol. The molecule has 0 spiro atoms. The van der Waals surface area contributed by atoms with Gasteiger partial charge in [0.05, 0.1) is 12.6 Å². The first-order valence-electron chi connectivity index (χ1n) is 9.15. The fourth-order valence-corrected chi connectivity index (χ4v) is 3.48. The predicted molar refractivity (Wildman–Crippen MR) is 95.6 cm³/mol. The molecule has 0 aliphatic carbocycles. The summed E-state index contributed by atoms with van der Waals surface area (Å²) in [5, 5.41) is 2.84. The molecule has 0 unspecified atom stereocenters. The van der Waals surface area contributed by atoms with Crippen LogP contribution in [0.5, 0.6) is 5.75 Å². The second kappa shape index (κ2) is 8.23. The van der Waals surface area contributed by atoms with Crippen molar-refractivity contribution in [2.75, 3.05) is 32.8 Å². The highest BCUT2D eigenvalue weighted by atomic mass is 16.5. The first-order valence-corrected chi connectivity index (χ1v) is 9.15. The number of likely N-dealkylation sites (tertiary alicyclic amines) is 1. The Hall–Kier alpha value is -2.24. The molecule has 0 radical (unpaired) electrons. The van der Waals surface area contributed by atoms with Crippen molar-refractivity contribution in [2.45, 2.75) is 38.6 Å². The van der Waals surface area contributed by atoms with E-state index in [0.717, 1.165) is 31.7 Å². The van der Waals surface area contributed by atoms with Crippen LogP contribution in [0.4, 0.5) is 4.79 Å². The minimum Gasteiger partial charge on any atom is -0.494 e. The zero-order valence-corrected chi connectivity index (χ0v) is 14.9. The van der Waals surface area contributed by atoms with Crippen LogP contribution in [-0.4, -0.2) is 60.6 Å². The van der Waals surface area contributed by atoms with Crippen molar-refractivity contribution in [1.29, 1.82) is 0 Å². The summed E-state index contributed by atoms with van der Waals surface area (Å²) in [4.78, 5) is 28.0. The first-order chi connectivity index (χ1) is 12.1. The van der Waals surface area contributed by atoms with E-state index in [0.29, 0.717) is 32.5 Å². The number of benzene rings is 1. The third-order valence-corrected chi connectivity index (χ3v) is 4.90. The molecule has 0 bridgehead atoms. The van der Waals surface area contributed by atoms with Gasteiger partial charge in [-0.2, -0.15) is 0 Å². The summed E-state index contributed by atoms with van der Waals surface area (Å²) in [5.41, 5.74) is 1.20. The Morgan fingerprint density at radius 1 is 1.28 bits per heavy atom. The number of ether oxygens (including phenoxy) is 1. The van der Waals surface area contributed by atoms with Crippen molar-refractivity contribution in [2.24, 2.45) is 0 Å². The third kappa shape index (κ3) is 4.65. The lowest BCUT2D eigenvalue weighted by molar-refractivity contribution is -0.133. The number of aryl methyl sites for hydroxylation is 1. The summed E-state index contributed by atoms with van der Waals surface area (Å²) in [6.07, 6.45) is 3.14. The summed E-state index contributed by atoms with van der Waals surface area (Å²) in [7, 11) is 0. The number of nitrogens with one attached hydrogen (secondary N) is 1. The molecule has 1 N–H and O–H groups in total. The molecule has 6 heteroatoms. The molecule has 25 heavy (non-hydrogen) atoms. The van der Waals surface area contributed by atoms with Crippen LogP contribution in [0.1, 0.15) is 31.2 Å². The van der Waals surface area contributed by atoms with Crippen molar-refractivity contribution < 1.29 is 14.3 Å². The maximum Gasteiger partial charge on any atom is 0.317 e. The fourth-order valence-electron chi connectivity index (χ4n) is 3.48. The largest absolute Gasteiger partial charge is 0.494 e. The van der Waals surface area contributed by atoms with Crippen LogP contribution in [-0.2, 0) is 4.79 Å². The van der Waals surface area contributed by atoms with Crippen LogP contribution in [0.25, 0.3) is 0 Å². The van der Waals surface area contributed by atoms with Gasteiger partial charge in [-0.15, -0.1) is 0 Å². The van der Waals surface area contributed by atoms with Gasteiger partial charge in [0.1, 0.15) is 5.75 Å². The number of nitrogens with zero attached hydrogens (tertiary/aromatic N) is 2. The van der Waals surface area contributed by atoms with Gasteiger partial charge in [-0.05, 0) is 38.3 Å². The Kier molecular flexibility index (Phi) is 5.79. The van der Waals surface area contributed by atoms with Crippen molar-refractivity contribution in [3.8, 4) is 5.75 Å². The normalized spacial score (nSPS) is 20.5. The lowest BCUT2D eigenvalue weighted by Gasteiger charge is -2.37. The van der Waals surface area contributed by atoms with Gasteiger partial charge in [-0.3, -0.25) is 4.79 Å². The Bertz CT molecular complexity index is 602. The fraction of sp³-hybridized carbons (Fsp3) is 0.579. The second-order valence-corrected chi connectivity index (χ2v) is 6.83. The number of urea groups is 1. The van der Waals surface area contributed by atoms with E-state index in [4.69, 9.17) is 4.74 Å². The van der Waals surface area contributed by atoms with E-state index in [2.05, 4.69) is 5.32 Å². The van der Waals surface area contributed by atoms with Gasteiger partial charge < -0.3 is 19.9 Å². The number of hydrogen-bond donors (Lipinski definition) is 1. The average Bonchev–Trinajstić information content (AvgIpc) is 3.06. The maximum atomic E-state index is 12.4. The SMILES string of the molecule is Cc1ccc(OCCCC(=O)N2CCC[C@@H](N3CCNC3=O)C2)cc1. The minimum absolute atomic E-state index is 0.00537. The molecule has 3 rings (SSSR count). The Balaban J connectivity index is 1.40. The number of rotatable bonds is 6. The number of carbonyl (C=O) groups excluding carboxylic acids is 2. The molecule has 2 aliphatic heterocycles.